The molecule has 24 heavy (non-hydrogen) atoms. The Hall–Kier alpha value is -1.47. The van der Waals surface area contributed by atoms with Crippen molar-refractivity contribution in [2.75, 3.05) is 38.2 Å². The smallest absolute Gasteiger partial charge is 0.223 e. The maximum Gasteiger partial charge on any atom is 0.223 e. The van der Waals surface area contributed by atoms with Gasteiger partial charge in [-0.15, -0.1) is 0 Å². The Morgan fingerprint density at radius 2 is 1.96 bits per heavy atom. The number of rotatable bonds is 6. The van der Waals surface area contributed by atoms with E-state index < -0.39 is 9.84 Å². The first-order valence-corrected chi connectivity index (χ1v) is 10.5. The number of nitrogens with zero attached hydrogens (tertiary/aromatic N) is 3. The summed E-state index contributed by atoms with van der Waals surface area (Å²) < 4.78 is 23.0. The highest BCUT2D eigenvalue weighted by Crippen LogP contribution is 2.50. The molecule has 0 radical (unpaired) electrons. The van der Waals surface area contributed by atoms with Gasteiger partial charge in [-0.25, -0.2) is 8.42 Å². The maximum atomic E-state index is 12.5. The monoisotopic (exact) mass is 351 g/mol. The van der Waals surface area contributed by atoms with E-state index in [0.29, 0.717) is 19.5 Å². The first-order valence-electron chi connectivity index (χ1n) is 8.42. The molecule has 1 aromatic rings. The van der Waals surface area contributed by atoms with Gasteiger partial charge >= 0.3 is 0 Å². The number of piperazine rings is 1. The molecule has 132 valence electrons. The molecule has 1 aliphatic carbocycles. The van der Waals surface area contributed by atoms with E-state index in [2.05, 4.69) is 16.0 Å². The van der Waals surface area contributed by atoms with Gasteiger partial charge in [0.25, 0.3) is 0 Å². The van der Waals surface area contributed by atoms with Crippen molar-refractivity contribution in [1.29, 1.82) is 0 Å². The number of amides is 1. The van der Waals surface area contributed by atoms with E-state index in [1.54, 1.807) is 6.20 Å². The molecule has 2 fully saturated rings. The van der Waals surface area contributed by atoms with Gasteiger partial charge in [0.1, 0.15) is 9.84 Å². The van der Waals surface area contributed by atoms with Crippen molar-refractivity contribution < 1.29 is 13.2 Å². The number of sulfone groups is 1. The van der Waals surface area contributed by atoms with Crippen LogP contribution >= 0.6 is 0 Å². The molecule has 0 bridgehead atoms. The van der Waals surface area contributed by atoms with Gasteiger partial charge in [0.15, 0.2) is 0 Å². The normalized spacial score (nSPS) is 20.8. The van der Waals surface area contributed by atoms with E-state index in [1.807, 2.05) is 17.2 Å². The fourth-order valence-electron chi connectivity index (χ4n) is 3.44. The minimum absolute atomic E-state index is 0.108. The van der Waals surface area contributed by atoms with Crippen LogP contribution < -0.4 is 0 Å². The fourth-order valence-corrected chi connectivity index (χ4v) is 4.95. The van der Waals surface area contributed by atoms with Crippen molar-refractivity contribution in [3.05, 3.63) is 30.1 Å². The maximum absolute atomic E-state index is 12.5. The van der Waals surface area contributed by atoms with E-state index in [9.17, 15) is 13.2 Å². The fraction of sp³-hybridized carbons (Fsp3) is 0.647. The first-order chi connectivity index (χ1) is 11.4. The number of hydrogen-bond acceptors (Lipinski definition) is 5. The van der Waals surface area contributed by atoms with Gasteiger partial charge in [-0.3, -0.25) is 14.7 Å². The molecular weight excluding hydrogens is 326 g/mol. The van der Waals surface area contributed by atoms with Crippen molar-refractivity contribution >= 4 is 15.7 Å². The van der Waals surface area contributed by atoms with Gasteiger partial charge in [-0.05, 0) is 29.9 Å². The molecule has 0 unspecified atom stereocenters. The molecule has 1 saturated carbocycles. The minimum Gasteiger partial charge on any atom is -0.340 e. The summed E-state index contributed by atoms with van der Waals surface area (Å²) in [6, 6.07) is 4.00. The lowest BCUT2D eigenvalue weighted by Crippen LogP contribution is -2.48. The molecule has 1 saturated heterocycles. The van der Waals surface area contributed by atoms with Crippen LogP contribution in [-0.4, -0.2) is 67.3 Å². The first kappa shape index (κ1) is 17.4. The number of pyridine rings is 1. The summed E-state index contributed by atoms with van der Waals surface area (Å²) >= 11 is 0. The summed E-state index contributed by atoms with van der Waals surface area (Å²) in [6.45, 7) is 3.98. The van der Waals surface area contributed by atoms with Crippen LogP contribution in [0.3, 0.4) is 0 Å². The molecule has 2 heterocycles. The summed E-state index contributed by atoms with van der Waals surface area (Å²) in [4.78, 5) is 20.9. The van der Waals surface area contributed by atoms with Gasteiger partial charge in [-0.1, -0.05) is 6.07 Å². The van der Waals surface area contributed by atoms with E-state index in [-0.39, 0.29) is 17.1 Å². The number of carbonyl (C=O) groups is 1. The molecule has 1 aliphatic heterocycles. The number of aromatic nitrogens is 1. The zero-order chi connectivity index (χ0) is 17.2. The molecule has 0 atom stereocenters. The van der Waals surface area contributed by atoms with E-state index in [4.69, 9.17) is 0 Å². The molecule has 1 aromatic heterocycles. The minimum atomic E-state index is -3.02. The average molecular weight is 351 g/mol. The third kappa shape index (κ3) is 4.77. The van der Waals surface area contributed by atoms with Crippen LogP contribution in [0.15, 0.2) is 24.5 Å². The molecule has 3 rings (SSSR count). The Morgan fingerprint density at radius 1 is 1.25 bits per heavy atom. The SMILES string of the molecule is CS(=O)(=O)CC1(CC(=O)N2CCN(Cc3cccnc3)CC2)CC1. The lowest BCUT2D eigenvalue weighted by Gasteiger charge is -2.35. The van der Waals surface area contributed by atoms with Crippen molar-refractivity contribution in [3.8, 4) is 0 Å². The summed E-state index contributed by atoms with van der Waals surface area (Å²) in [5.74, 6) is 0.254. The lowest BCUT2D eigenvalue weighted by molar-refractivity contribution is -0.134. The summed E-state index contributed by atoms with van der Waals surface area (Å²) in [7, 11) is -3.02. The molecule has 6 nitrogen and oxygen atoms in total. The molecule has 0 spiro atoms. The zero-order valence-electron chi connectivity index (χ0n) is 14.1. The van der Waals surface area contributed by atoms with Crippen molar-refractivity contribution in [2.24, 2.45) is 5.41 Å². The quantitative estimate of drug-likeness (QED) is 0.763. The number of carbonyl (C=O) groups excluding carboxylic acids is 1. The highest BCUT2D eigenvalue weighted by molar-refractivity contribution is 7.90. The molecule has 0 N–H and O–H groups in total. The van der Waals surface area contributed by atoms with Gasteiger partial charge in [0.2, 0.25) is 5.91 Å². The van der Waals surface area contributed by atoms with Crippen LogP contribution in [0.2, 0.25) is 0 Å². The predicted molar refractivity (Wildman–Crippen MR) is 92.1 cm³/mol. The van der Waals surface area contributed by atoms with Crippen LogP contribution in [0.5, 0.6) is 0 Å². The second-order valence-electron chi connectivity index (χ2n) is 7.27. The van der Waals surface area contributed by atoms with Gasteiger partial charge in [0.05, 0.1) is 5.75 Å². The highest BCUT2D eigenvalue weighted by atomic mass is 32.2. The van der Waals surface area contributed by atoms with Crippen LogP contribution in [-0.2, 0) is 21.2 Å². The van der Waals surface area contributed by atoms with Crippen molar-refractivity contribution in [3.63, 3.8) is 0 Å². The Bertz CT molecular complexity index is 678. The topological polar surface area (TPSA) is 70.6 Å². The molecule has 1 amide bonds. The van der Waals surface area contributed by atoms with Crippen LogP contribution in [0.4, 0.5) is 0 Å². The Balaban J connectivity index is 1.47. The summed E-state index contributed by atoms with van der Waals surface area (Å²) in [5.41, 5.74) is 0.902. The third-order valence-electron chi connectivity index (χ3n) is 4.91. The lowest BCUT2D eigenvalue weighted by atomic mass is 10.0. The molecule has 7 heteroatoms. The van der Waals surface area contributed by atoms with Gasteiger partial charge < -0.3 is 4.90 Å². The van der Waals surface area contributed by atoms with E-state index in [1.165, 1.54) is 11.8 Å². The van der Waals surface area contributed by atoms with Crippen molar-refractivity contribution in [2.45, 2.75) is 25.8 Å². The summed E-state index contributed by atoms with van der Waals surface area (Å²) in [5, 5.41) is 0. The zero-order valence-corrected chi connectivity index (χ0v) is 15.0. The summed E-state index contributed by atoms with van der Waals surface area (Å²) in [6.07, 6.45) is 6.99. The second kappa shape index (κ2) is 6.80. The van der Waals surface area contributed by atoms with E-state index in [0.717, 1.165) is 32.5 Å². The Morgan fingerprint density at radius 3 is 2.50 bits per heavy atom. The van der Waals surface area contributed by atoms with Crippen LogP contribution in [0.1, 0.15) is 24.8 Å². The standard InChI is InChI=1S/C17H25N3O3S/c1-24(22,23)14-17(4-5-17)11-16(21)20-9-7-19(8-10-20)13-15-3-2-6-18-12-15/h2-3,6,12H,4-5,7-11,13-14H2,1H3. The highest BCUT2D eigenvalue weighted by Gasteiger charge is 2.47. The van der Waals surface area contributed by atoms with Gasteiger partial charge in [0, 0.05) is 57.8 Å². The van der Waals surface area contributed by atoms with E-state index >= 15 is 0 Å². The molecule has 0 aromatic carbocycles. The van der Waals surface area contributed by atoms with Crippen molar-refractivity contribution in [1.82, 2.24) is 14.8 Å². The number of hydrogen-bond donors (Lipinski definition) is 0. The van der Waals surface area contributed by atoms with Gasteiger partial charge in [-0.2, -0.15) is 0 Å². The Labute approximate surface area is 143 Å². The third-order valence-corrected chi connectivity index (χ3v) is 6.04. The second-order valence-corrected chi connectivity index (χ2v) is 9.41. The molecular formula is C17H25N3O3S. The largest absolute Gasteiger partial charge is 0.340 e. The molecule has 2 aliphatic rings. The Kier molecular flexibility index (Phi) is 4.92. The van der Waals surface area contributed by atoms with Crippen LogP contribution in [0.25, 0.3) is 0 Å². The average Bonchev–Trinajstić information content (AvgIpc) is 3.26. The predicted octanol–water partition coefficient (Wildman–Crippen LogP) is 0.941. The van der Waals surface area contributed by atoms with Crippen LogP contribution in [0, 0.1) is 5.41 Å².